The number of carbonyl (C=O) groups is 1. The number of nitrogens with zero attached hydrogens (tertiary/aromatic N) is 1. The summed E-state index contributed by atoms with van der Waals surface area (Å²) in [6.45, 7) is 9.97. The number of rotatable bonds is 2. The van der Waals surface area contributed by atoms with E-state index >= 15 is 0 Å². The lowest BCUT2D eigenvalue weighted by Gasteiger charge is -2.20. The minimum atomic E-state index is -0.230. The third-order valence-corrected chi connectivity index (χ3v) is 3.18. The molecule has 0 unspecified atom stereocenters. The van der Waals surface area contributed by atoms with Gasteiger partial charge in [0.05, 0.1) is 5.56 Å². The molecular weight excluding hydrogens is 248 g/mol. The normalized spacial score (nSPS) is 11.4. The van der Waals surface area contributed by atoms with E-state index in [0.717, 1.165) is 22.6 Å². The molecule has 0 saturated heterocycles. The lowest BCUT2D eigenvalue weighted by atomic mass is 10.1. The number of hydrogen-bond acceptors (Lipinski definition) is 1. The summed E-state index contributed by atoms with van der Waals surface area (Å²) in [6.07, 6.45) is 0. The van der Waals surface area contributed by atoms with E-state index in [2.05, 4.69) is 9.88 Å². The Balaban J connectivity index is 2.42. The average Bonchev–Trinajstić information content (AvgIpc) is 2.64. The van der Waals surface area contributed by atoms with Crippen molar-refractivity contribution in [3.05, 3.63) is 53.3 Å². The van der Waals surface area contributed by atoms with Gasteiger partial charge in [-0.1, -0.05) is 18.2 Å². The molecule has 1 aromatic heterocycles. The number of benzene rings is 1. The first-order valence-electron chi connectivity index (χ1n) is 6.86. The SMILES string of the molecule is Cc1cc(C(=O)NC(C)(C)C)c(C)n1-c1ccccc1. The molecule has 1 aromatic carbocycles. The first-order valence-corrected chi connectivity index (χ1v) is 6.86. The molecule has 1 N–H and O–H groups in total. The molecule has 0 saturated carbocycles. The minimum Gasteiger partial charge on any atom is -0.347 e. The van der Waals surface area contributed by atoms with E-state index in [-0.39, 0.29) is 11.4 Å². The summed E-state index contributed by atoms with van der Waals surface area (Å²) in [7, 11) is 0. The zero-order valence-corrected chi connectivity index (χ0v) is 12.8. The molecule has 3 heteroatoms. The highest BCUT2D eigenvalue weighted by Crippen LogP contribution is 2.21. The average molecular weight is 270 g/mol. The van der Waals surface area contributed by atoms with E-state index in [1.165, 1.54) is 0 Å². The van der Waals surface area contributed by atoms with Crippen LogP contribution < -0.4 is 5.32 Å². The fourth-order valence-corrected chi connectivity index (χ4v) is 2.37. The lowest BCUT2D eigenvalue weighted by Crippen LogP contribution is -2.40. The third kappa shape index (κ3) is 2.93. The summed E-state index contributed by atoms with van der Waals surface area (Å²) in [5, 5.41) is 3.02. The van der Waals surface area contributed by atoms with Gasteiger partial charge in [0.2, 0.25) is 0 Å². The van der Waals surface area contributed by atoms with E-state index in [1.807, 2.05) is 71.0 Å². The fraction of sp³-hybridized carbons (Fsp3) is 0.353. The van der Waals surface area contributed by atoms with Crippen LogP contribution in [-0.4, -0.2) is 16.0 Å². The Morgan fingerprint density at radius 3 is 2.25 bits per heavy atom. The topological polar surface area (TPSA) is 34.0 Å². The van der Waals surface area contributed by atoms with Crippen molar-refractivity contribution in [3.8, 4) is 5.69 Å². The molecule has 0 aliphatic heterocycles. The summed E-state index contributed by atoms with van der Waals surface area (Å²) in [6, 6.07) is 12.0. The summed E-state index contributed by atoms with van der Waals surface area (Å²) in [5.41, 5.74) is 3.62. The first-order chi connectivity index (χ1) is 9.29. The number of nitrogens with one attached hydrogen (secondary N) is 1. The standard InChI is InChI=1S/C17H22N2O/c1-12-11-15(16(20)18-17(3,4)5)13(2)19(12)14-9-7-6-8-10-14/h6-11H,1-5H3,(H,18,20). The molecule has 0 spiro atoms. The van der Waals surface area contributed by atoms with Crippen molar-refractivity contribution in [2.45, 2.75) is 40.2 Å². The van der Waals surface area contributed by atoms with Crippen LogP contribution in [0.4, 0.5) is 0 Å². The van der Waals surface area contributed by atoms with Crippen molar-refractivity contribution in [2.24, 2.45) is 0 Å². The monoisotopic (exact) mass is 270 g/mol. The van der Waals surface area contributed by atoms with Crippen LogP contribution in [0.1, 0.15) is 42.5 Å². The second-order valence-electron chi connectivity index (χ2n) is 6.16. The molecule has 20 heavy (non-hydrogen) atoms. The molecule has 106 valence electrons. The molecule has 1 amide bonds. The Bertz CT molecular complexity index is 618. The third-order valence-electron chi connectivity index (χ3n) is 3.18. The van der Waals surface area contributed by atoms with Crippen LogP contribution in [0.2, 0.25) is 0 Å². The molecule has 0 bridgehead atoms. The molecule has 1 heterocycles. The number of amides is 1. The van der Waals surface area contributed by atoms with Crippen LogP contribution in [0.15, 0.2) is 36.4 Å². The second kappa shape index (κ2) is 5.16. The Hall–Kier alpha value is -2.03. The molecule has 2 rings (SSSR count). The maximum absolute atomic E-state index is 12.4. The van der Waals surface area contributed by atoms with Crippen LogP contribution >= 0.6 is 0 Å². The van der Waals surface area contributed by atoms with Gasteiger partial charge in [-0.2, -0.15) is 0 Å². The van der Waals surface area contributed by atoms with Gasteiger partial charge in [-0.25, -0.2) is 0 Å². The van der Waals surface area contributed by atoms with E-state index in [9.17, 15) is 4.79 Å². The quantitative estimate of drug-likeness (QED) is 0.888. The van der Waals surface area contributed by atoms with Crippen molar-refractivity contribution >= 4 is 5.91 Å². The van der Waals surface area contributed by atoms with Crippen molar-refractivity contribution in [1.82, 2.24) is 9.88 Å². The van der Waals surface area contributed by atoms with Gasteiger partial charge >= 0.3 is 0 Å². The van der Waals surface area contributed by atoms with Crippen molar-refractivity contribution < 1.29 is 4.79 Å². The van der Waals surface area contributed by atoms with Gasteiger partial charge in [0.15, 0.2) is 0 Å². The van der Waals surface area contributed by atoms with Crippen LogP contribution in [0, 0.1) is 13.8 Å². The lowest BCUT2D eigenvalue weighted by molar-refractivity contribution is 0.0919. The van der Waals surface area contributed by atoms with Gasteiger partial charge in [-0.05, 0) is 52.8 Å². The van der Waals surface area contributed by atoms with Gasteiger partial charge < -0.3 is 9.88 Å². The largest absolute Gasteiger partial charge is 0.347 e. The fourth-order valence-electron chi connectivity index (χ4n) is 2.37. The zero-order chi connectivity index (χ0) is 14.9. The van der Waals surface area contributed by atoms with Crippen LogP contribution in [0.25, 0.3) is 5.69 Å². The van der Waals surface area contributed by atoms with Gasteiger partial charge in [-0.15, -0.1) is 0 Å². The summed E-state index contributed by atoms with van der Waals surface area (Å²) < 4.78 is 2.11. The molecule has 2 aromatic rings. The molecular formula is C17H22N2O. The van der Waals surface area contributed by atoms with Crippen molar-refractivity contribution in [1.29, 1.82) is 0 Å². The predicted octanol–water partition coefficient (Wildman–Crippen LogP) is 3.62. The van der Waals surface area contributed by atoms with E-state index in [4.69, 9.17) is 0 Å². The maximum Gasteiger partial charge on any atom is 0.253 e. The summed E-state index contributed by atoms with van der Waals surface area (Å²) >= 11 is 0. The number of carbonyl (C=O) groups excluding carboxylic acids is 1. The van der Waals surface area contributed by atoms with Gasteiger partial charge in [0, 0.05) is 22.6 Å². The zero-order valence-electron chi connectivity index (χ0n) is 12.8. The number of aryl methyl sites for hydroxylation is 1. The second-order valence-corrected chi connectivity index (χ2v) is 6.16. The summed E-state index contributed by atoms with van der Waals surface area (Å²) in [4.78, 5) is 12.4. The molecule has 3 nitrogen and oxygen atoms in total. The Labute approximate surface area is 120 Å². The Morgan fingerprint density at radius 1 is 1.10 bits per heavy atom. The van der Waals surface area contributed by atoms with Crippen LogP contribution in [-0.2, 0) is 0 Å². The number of aromatic nitrogens is 1. The van der Waals surface area contributed by atoms with Gasteiger partial charge in [-0.3, -0.25) is 4.79 Å². The number of hydrogen-bond donors (Lipinski definition) is 1. The Morgan fingerprint density at radius 2 is 1.70 bits per heavy atom. The van der Waals surface area contributed by atoms with Crippen LogP contribution in [0.3, 0.4) is 0 Å². The first kappa shape index (κ1) is 14.4. The van der Waals surface area contributed by atoms with Crippen molar-refractivity contribution in [2.75, 3.05) is 0 Å². The highest BCUT2D eigenvalue weighted by molar-refractivity contribution is 5.96. The van der Waals surface area contributed by atoms with Crippen LogP contribution in [0.5, 0.6) is 0 Å². The number of para-hydroxylation sites is 1. The predicted molar refractivity (Wildman–Crippen MR) is 82.5 cm³/mol. The highest BCUT2D eigenvalue weighted by Gasteiger charge is 2.20. The minimum absolute atomic E-state index is 0.0206. The molecule has 0 aliphatic rings. The van der Waals surface area contributed by atoms with Gasteiger partial charge in [0.1, 0.15) is 0 Å². The summed E-state index contributed by atoms with van der Waals surface area (Å²) in [5.74, 6) is -0.0206. The van der Waals surface area contributed by atoms with E-state index in [0.29, 0.717) is 0 Å². The molecule has 0 fully saturated rings. The molecule has 0 aliphatic carbocycles. The van der Waals surface area contributed by atoms with E-state index < -0.39 is 0 Å². The molecule has 0 radical (unpaired) electrons. The Kier molecular flexibility index (Phi) is 3.71. The smallest absolute Gasteiger partial charge is 0.253 e. The molecule has 0 atom stereocenters. The highest BCUT2D eigenvalue weighted by atomic mass is 16.1. The van der Waals surface area contributed by atoms with E-state index in [1.54, 1.807) is 0 Å². The maximum atomic E-state index is 12.4. The van der Waals surface area contributed by atoms with Crippen molar-refractivity contribution in [3.63, 3.8) is 0 Å². The van der Waals surface area contributed by atoms with Gasteiger partial charge in [0.25, 0.3) is 5.91 Å².